The summed E-state index contributed by atoms with van der Waals surface area (Å²) in [5, 5.41) is 16.9. The van der Waals surface area contributed by atoms with Crippen LogP contribution in [0.25, 0.3) is 10.8 Å². The molecule has 0 bridgehead atoms. The molecule has 0 fully saturated rings. The number of hydrogen-bond donors (Lipinski definition) is 2. The second-order valence-corrected chi connectivity index (χ2v) is 5.68. The van der Waals surface area contributed by atoms with Gasteiger partial charge in [0, 0.05) is 0 Å². The van der Waals surface area contributed by atoms with Gasteiger partial charge in [-0.15, -0.1) is 0 Å². The van der Waals surface area contributed by atoms with Crippen LogP contribution >= 0.6 is 0 Å². The van der Waals surface area contributed by atoms with Gasteiger partial charge in [-0.3, -0.25) is 4.79 Å². The minimum absolute atomic E-state index is 0.0909. The molecule has 2 aromatic rings. The predicted octanol–water partition coefficient (Wildman–Crippen LogP) is 3.32. The lowest BCUT2D eigenvalue weighted by molar-refractivity contribution is -0.138. The zero-order valence-electron chi connectivity index (χ0n) is 13.8. The first-order valence-corrected chi connectivity index (χ1v) is 8.06. The SMILES string of the molecule is CCCCOC(=O)/C(C#N)=C1\Nc2cc3ccccc3cc2NC1=O. The fourth-order valence-electron chi connectivity index (χ4n) is 2.58. The van der Waals surface area contributed by atoms with Crippen LogP contribution in [0.4, 0.5) is 11.4 Å². The Hall–Kier alpha value is -3.33. The zero-order chi connectivity index (χ0) is 17.8. The zero-order valence-corrected chi connectivity index (χ0v) is 13.8. The minimum atomic E-state index is -0.794. The van der Waals surface area contributed by atoms with Crippen molar-refractivity contribution >= 4 is 34.0 Å². The van der Waals surface area contributed by atoms with Crippen LogP contribution in [0.15, 0.2) is 47.7 Å². The van der Waals surface area contributed by atoms with E-state index >= 15 is 0 Å². The van der Waals surface area contributed by atoms with E-state index in [2.05, 4.69) is 10.6 Å². The van der Waals surface area contributed by atoms with Crippen molar-refractivity contribution in [2.45, 2.75) is 19.8 Å². The number of carbonyl (C=O) groups excluding carboxylic acids is 2. The van der Waals surface area contributed by atoms with Crippen molar-refractivity contribution in [3.63, 3.8) is 0 Å². The summed E-state index contributed by atoms with van der Waals surface area (Å²) >= 11 is 0. The maximum absolute atomic E-state index is 12.3. The number of nitrogens with zero attached hydrogens (tertiary/aromatic N) is 1. The molecule has 1 heterocycles. The van der Waals surface area contributed by atoms with Crippen LogP contribution in [0.2, 0.25) is 0 Å². The fourth-order valence-corrected chi connectivity index (χ4v) is 2.58. The maximum Gasteiger partial charge on any atom is 0.351 e. The fraction of sp³-hybridized carbons (Fsp3) is 0.211. The lowest BCUT2D eigenvalue weighted by Gasteiger charge is -2.22. The molecule has 0 saturated heterocycles. The highest BCUT2D eigenvalue weighted by Crippen LogP contribution is 2.33. The van der Waals surface area contributed by atoms with Crippen LogP contribution in [0.1, 0.15) is 19.8 Å². The summed E-state index contributed by atoms with van der Waals surface area (Å²) < 4.78 is 5.06. The van der Waals surface area contributed by atoms with Crippen LogP contribution in [-0.4, -0.2) is 18.5 Å². The lowest BCUT2D eigenvalue weighted by atomic mass is 10.1. The molecular formula is C19H17N3O3. The Bertz CT molecular complexity index is 925. The van der Waals surface area contributed by atoms with E-state index in [1.807, 2.05) is 43.3 Å². The van der Waals surface area contributed by atoms with E-state index < -0.39 is 11.9 Å². The number of benzene rings is 2. The van der Waals surface area contributed by atoms with Gasteiger partial charge in [0.05, 0.1) is 18.0 Å². The highest BCUT2D eigenvalue weighted by Gasteiger charge is 2.27. The molecule has 1 amide bonds. The van der Waals surface area contributed by atoms with Gasteiger partial charge in [-0.2, -0.15) is 5.26 Å². The molecule has 0 saturated carbocycles. The van der Waals surface area contributed by atoms with E-state index in [1.54, 1.807) is 6.07 Å². The van der Waals surface area contributed by atoms with Gasteiger partial charge in [0.25, 0.3) is 5.91 Å². The van der Waals surface area contributed by atoms with E-state index in [9.17, 15) is 14.9 Å². The van der Waals surface area contributed by atoms with Crippen molar-refractivity contribution in [2.24, 2.45) is 0 Å². The molecule has 6 nitrogen and oxygen atoms in total. The summed E-state index contributed by atoms with van der Waals surface area (Å²) in [5.41, 5.74) is 0.811. The number of nitrogens with one attached hydrogen (secondary N) is 2. The van der Waals surface area contributed by atoms with E-state index in [4.69, 9.17) is 4.74 Å². The number of esters is 1. The number of hydrogen-bond acceptors (Lipinski definition) is 5. The van der Waals surface area contributed by atoms with Gasteiger partial charge < -0.3 is 15.4 Å². The Labute approximate surface area is 145 Å². The van der Waals surface area contributed by atoms with Gasteiger partial charge in [0.2, 0.25) is 0 Å². The van der Waals surface area contributed by atoms with Crippen molar-refractivity contribution in [3.05, 3.63) is 47.7 Å². The summed E-state index contributed by atoms with van der Waals surface area (Å²) in [6.45, 7) is 2.19. The largest absolute Gasteiger partial charge is 0.462 e. The second-order valence-electron chi connectivity index (χ2n) is 5.68. The third-order valence-corrected chi connectivity index (χ3v) is 3.92. The van der Waals surface area contributed by atoms with E-state index in [-0.39, 0.29) is 17.9 Å². The summed E-state index contributed by atoms with van der Waals surface area (Å²) in [5.74, 6) is -1.33. The van der Waals surface area contributed by atoms with Gasteiger partial charge in [0.15, 0.2) is 5.57 Å². The average molecular weight is 335 g/mol. The predicted molar refractivity (Wildman–Crippen MR) is 94.7 cm³/mol. The van der Waals surface area contributed by atoms with Gasteiger partial charge in [-0.05, 0) is 29.3 Å². The molecule has 2 N–H and O–H groups in total. The third kappa shape index (κ3) is 3.31. The molecule has 2 aromatic carbocycles. The molecule has 126 valence electrons. The van der Waals surface area contributed by atoms with Crippen LogP contribution in [0.3, 0.4) is 0 Å². The number of unbranched alkanes of at least 4 members (excludes halogenated alkanes) is 1. The van der Waals surface area contributed by atoms with Gasteiger partial charge >= 0.3 is 5.97 Å². The molecule has 1 aliphatic rings. The molecule has 0 aromatic heterocycles. The lowest BCUT2D eigenvalue weighted by Crippen LogP contribution is -2.29. The first kappa shape index (κ1) is 16.5. The highest BCUT2D eigenvalue weighted by molar-refractivity contribution is 6.17. The van der Waals surface area contributed by atoms with Crippen molar-refractivity contribution in [1.29, 1.82) is 5.26 Å². The van der Waals surface area contributed by atoms with Crippen molar-refractivity contribution in [2.75, 3.05) is 17.2 Å². The number of amides is 1. The summed E-state index contributed by atoms with van der Waals surface area (Å²) in [4.78, 5) is 24.4. The van der Waals surface area contributed by atoms with Gasteiger partial charge in [-0.1, -0.05) is 37.6 Å². The molecule has 25 heavy (non-hydrogen) atoms. The standard InChI is InChI=1S/C19H17N3O3/c1-2-3-8-25-19(24)14(11-20)17-18(23)22-16-10-13-7-5-4-6-12(13)9-15(16)21-17/h4-7,9-10,21H,2-3,8H2,1H3,(H,22,23)/b17-14-. The summed E-state index contributed by atoms with van der Waals surface area (Å²) in [7, 11) is 0. The maximum atomic E-state index is 12.3. The number of ether oxygens (including phenoxy) is 1. The highest BCUT2D eigenvalue weighted by atomic mass is 16.5. The molecule has 6 heteroatoms. The number of anilines is 2. The number of fused-ring (bicyclic) bond motifs is 2. The first-order valence-electron chi connectivity index (χ1n) is 8.06. The topological polar surface area (TPSA) is 91.2 Å². The Balaban J connectivity index is 1.96. The summed E-state index contributed by atoms with van der Waals surface area (Å²) in [6, 6.07) is 13.2. The minimum Gasteiger partial charge on any atom is -0.462 e. The Morgan fingerprint density at radius 3 is 2.40 bits per heavy atom. The molecule has 0 aliphatic carbocycles. The molecule has 0 radical (unpaired) electrons. The number of carbonyl (C=O) groups is 2. The second kappa shape index (κ2) is 7.05. The first-order chi connectivity index (χ1) is 12.1. The monoisotopic (exact) mass is 335 g/mol. The van der Waals surface area contributed by atoms with E-state index in [0.717, 1.165) is 17.2 Å². The molecule has 0 unspecified atom stereocenters. The Morgan fingerprint density at radius 1 is 1.16 bits per heavy atom. The smallest absolute Gasteiger partial charge is 0.351 e. The number of rotatable bonds is 4. The van der Waals surface area contributed by atoms with Crippen LogP contribution in [-0.2, 0) is 14.3 Å². The van der Waals surface area contributed by atoms with Crippen molar-refractivity contribution in [1.82, 2.24) is 0 Å². The van der Waals surface area contributed by atoms with Crippen LogP contribution in [0, 0.1) is 11.3 Å². The molecule has 3 rings (SSSR count). The average Bonchev–Trinajstić information content (AvgIpc) is 2.61. The molecule has 0 atom stereocenters. The van der Waals surface area contributed by atoms with Crippen molar-refractivity contribution in [3.8, 4) is 6.07 Å². The molecule has 1 aliphatic heterocycles. The van der Waals surface area contributed by atoms with Gasteiger partial charge in [-0.25, -0.2) is 4.79 Å². The third-order valence-electron chi connectivity index (χ3n) is 3.92. The van der Waals surface area contributed by atoms with Crippen molar-refractivity contribution < 1.29 is 14.3 Å². The van der Waals surface area contributed by atoms with E-state index in [0.29, 0.717) is 17.8 Å². The normalized spacial score (nSPS) is 14.8. The van der Waals surface area contributed by atoms with E-state index in [1.165, 1.54) is 0 Å². The molecule has 0 spiro atoms. The van der Waals surface area contributed by atoms with Gasteiger partial charge in [0.1, 0.15) is 11.8 Å². The number of nitriles is 1. The van der Waals surface area contributed by atoms with Crippen LogP contribution < -0.4 is 10.6 Å². The Kier molecular flexibility index (Phi) is 4.66. The Morgan fingerprint density at radius 2 is 1.80 bits per heavy atom. The van der Waals surface area contributed by atoms with Crippen LogP contribution in [0.5, 0.6) is 0 Å². The molecular weight excluding hydrogens is 318 g/mol. The quantitative estimate of drug-likeness (QED) is 0.387. The summed E-state index contributed by atoms with van der Waals surface area (Å²) in [6.07, 6.45) is 1.57.